The van der Waals surface area contributed by atoms with Gasteiger partial charge in [-0.25, -0.2) is 0 Å². The number of ketones is 1. The van der Waals surface area contributed by atoms with E-state index in [2.05, 4.69) is 23.8 Å². The maximum absolute atomic E-state index is 14.2. The minimum Gasteiger partial charge on any atom is -0.463 e. The molecule has 0 saturated heterocycles. The number of Topliss-reactive ketones (excluding diaryl/α,β-unsaturated/α-hetero) is 1. The number of nitrogens with one attached hydrogen (secondary N) is 2. The van der Waals surface area contributed by atoms with Crippen LogP contribution in [0.2, 0.25) is 0 Å². The number of carbonyl (C=O) groups is 5. The molecular weight excluding hydrogens is 684 g/mol. The number of rotatable bonds is 16. The molecule has 3 atom stereocenters. The maximum Gasteiger partial charge on any atom is 0.313 e. The lowest BCUT2D eigenvalue weighted by Crippen LogP contribution is -2.32. The second-order valence-corrected chi connectivity index (χ2v) is 14.7. The van der Waals surface area contributed by atoms with Crippen molar-refractivity contribution in [2.24, 2.45) is 23.7 Å². The number of aliphatic hydroxyl groups excluding tert-OH is 1. The van der Waals surface area contributed by atoms with E-state index >= 15 is 0 Å². The van der Waals surface area contributed by atoms with Crippen molar-refractivity contribution in [2.75, 3.05) is 26.3 Å². The fourth-order valence-electron chi connectivity index (χ4n) is 6.65. The van der Waals surface area contributed by atoms with E-state index < -0.39 is 29.9 Å². The van der Waals surface area contributed by atoms with Gasteiger partial charge >= 0.3 is 11.9 Å². The summed E-state index contributed by atoms with van der Waals surface area (Å²) in [6, 6.07) is 14.6. The molecule has 10 heteroatoms. The molecule has 0 heterocycles. The molecule has 2 aliphatic rings. The Balaban J connectivity index is 1.84. The zero-order valence-electron chi connectivity index (χ0n) is 32.1. The van der Waals surface area contributed by atoms with Crippen molar-refractivity contribution < 1.29 is 38.6 Å². The van der Waals surface area contributed by atoms with E-state index in [0.717, 1.165) is 5.56 Å². The molecule has 0 saturated carbocycles. The highest BCUT2D eigenvalue weighted by molar-refractivity contribution is 6.21. The highest BCUT2D eigenvalue weighted by Gasteiger charge is 2.38. The Morgan fingerprint density at radius 1 is 0.704 bits per heavy atom. The minimum absolute atomic E-state index is 0.0293. The van der Waals surface area contributed by atoms with Crippen LogP contribution in [0.4, 0.5) is 0 Å². The van der Waals surface area contributed by atoms with Crippen molar-refractivity contribution in [3.05, 3.63) is 118 Å². The molecule has 3 unspecified atom stereocenters. The van der Waals surface area contributed by atoms with Crippen molar-refractivity contribution in [1.82, 2.24) is 10.6 Å². The van der Waals surface area contributed by atoms with Crippen LogP contribution < -0.4 is 10.6 Å². The van der Waals surface area contributed by atoms with E-state index in [1.165, 1.54) is 0 Å². The summed E-state index contributed by atoms with van der Waals surface area (Å²) >= 11 is 0. The third-order valence-electron chi connectivity index (χ3n) is 9.29. The summed E-state index contributed by atoms with van der Waals surface area (Å²) in [5.74, 6) is -3.71. The van der Waals surface area contributed by atoms with Gasteiger partial charge in [-0.05, 0) is 78.0 Å². The van der Waals surface area contributed by atoms with Gasteiger partial charge in [-0.2, -0.15) is 0 Å². The summed E-state index contributed by atoms with van der Waals surface area (Å²) in [4.78, 5) is 65.7. The quantitative estimate of drug-likeness (QED) is 0.101. The van der Waals surface area contributed by atoms with Crippen LogP contribution in [0.15, 0.2) is 96.1 Å². The molecule has 3 N–H and O–H groups in total. The molecule has 4 rings (SSSR count). The minimum atomic E-state index is -1.12. The van der Waals surface area contributed by atoms with Crippen molar-refractivity contribution in [3.8, 4) is 0 Å². The monoisotopic (exact) mass is 736 g/mol. The standard InChI is InChI=1S/C44H52N2O8/c1-25(2)21-37(43(51)53-19-17-45-41(49)27(5)6)35-23-33(29-13-9-11-15-31(29)39(35)47)34-24-36(40(48)32-16-12-10-14-30(32)34)38(22-26(3)4)44(52)54-20-18-46-42(50)28(7)8/h9-16,23-26,37-39,47H,5,7,17-22H2,1-4,6,8H3,(H,45,49)(H,46,50)/b34-33+. The van der Waals surface area contributed by atoms with Gasteiger partial charge in [0.15, 0.2) is 5.78 Å². The summed E-state index contributed by atoms with van der Waals surface area (Å²) in [6.07, 6.45) is 3.17. The maximum atomic E-state index is 14.2. The van der Waals surface area contributed by atoms with Gasteiger partial charge in [-0.15, -0.1) is 0 Å². The number of allylic oxidation sites excluding steroid dienone is 4. The Morgan fingerprint density at radius 3 is 1.70 bits per heavy atom. The second kappa shape index (κ2) is 18.6. The molecule has 2 aromatic carbocycles. The number of benzene rings is 2. The molecule has 0 fully saturated rings. The first-order chi connectivity index (χ1) is 25.6. The first-order valence-corrected chi connectivity index (χ1v) is 18.4. The molecule has 2 aliphatic carbocycles. The first kappa shape index (κ1) is 41.4. The number of ether oxygens (including phenoxy) is 2. The number of fused-ring (bicyclic) bond motifs is 2. The average Bonchev–Trinajstić information content (AvgIpc) is 3.13. The third kappa shape index (κ3) is 9.99. The van der Waals surface area contributed by atoms with Crippen LogP contribution in [0, 0.1) is 23.7 Å². The number of carbonyl (C=O) groups excluding carboxylic acids is 5. The molecule has 2 aromatic rings. The zero-order valence-corrected chi connectivity index (χ0v) is 32.1. The van der Waals surface area contributed by atoms with Crippen molar-refractivity contribution in [2.45, 2.75) is 60.5 Å². The Hall–Kier alpha value is -5.35. The van der Waals surface area contributed by atoms with E-state index in [-0.39, 0.29) is 61.3 Å². The van der Waals surface area contributed by atoms with Gasteiger partial charge in [0.1, 0.15) is 19.3 Å². The number of amides is 2. The van der Waals surface area contributed by atoms with Crippen LogP contribution in [-0.4, -0.2) is 60.9 Å². The van der Waals surface area contributed by atoms with Gasteiger partial charge in [0.05, 0.1) is 24.9 Å². The van der Waals surface area contributed by atoms with E-state index in [1.54, 1.807) is 32.1 Å². The van der Waals surface area contributed by atoms with Gasteiger partial charge in [-0.3, -0.25) is 24.0 Å². The summed E-state index contributed by atoms with van der Waals surface area (Å²) < 4.78 is 11.3. The van der Waals surface area contributed by atoms with Crippen LogP contribution in [0.1, 0.15) is 87.5 Å². The Labute approximate surface area is 318 Å². The Bertz CT molecular complexity index is 1910. The number of hydrogen-bond acceptors (Lipinski definition) is 8. The molecule has 0 radical (unpaired) electrons. The van der Waals surface area contributed by atoms with Gasteiger partial charge < -0.3 is 25.2 Å². The predicted molar refractivity (Wildman–Crippen MR) is 209 cm³/mol. The predicted octanol–water partition coefficient (Wildman–Crippen LogP) is 6.49. The number of esters is 2. The normalized spacial score (nSPS) is 17.4. The lowest BCUT2D eigenvalue weighted by Gasteiger charge is -2.32. The topological polar surface area (TPSA) is 148 Å². The average molecular weight is 737 g/mol. The number of hydrogen-bond donors (Lipinski definition) is 3. The third-order valence-corrected chi connectivity index (χ3v) is 9.29. The highest BCUT2D eigenvalue weighted by Crippen LogP contribution is 2.46. The molecule has 286 valence electrons. The van der Waals surface area contributed by atoms with E-state index in [1.807, 2.05) is 70.2 Å². The largest absolute Gasteiger partial charge is 0.463 e. The molecule has 54 heavy (non-hydrogen) atoms. The van der Waals surface area contributed by atoms with Crippen molar-refractivity contribution >= 4 is 40.7 Å². The molecule has 0 aliphatic heterocycles. The van der Waals surface area contributed by atoms with Crippen LogP contribution in [0.25, 0.3) is 11.1 Å². The van der Waals surface area contributed by atoms with Crippen LogP contribution in [0.5, 0.6) is 0 Å². The van der Waals surface area contributed by atoms with E-state index in [9.17, 15) is 29.1 Å². The summed E-state index contributed by atoms with van der Waals surface area (Å²) in [7, 11) is 0. The van der Waals surface area contributed by atoms with E-state index in [4.69, 9.17) is 9.47 Å². The molecule has 0 bridgehead atoms. The van der Waals surface area contributed by atoms with Crippen LogP contribution in [-0.2, 0) is 28.7 Å². The molecule has 2 amide bonds. The lowest BCUT2D eigenvalue weighted by molar-refractivity contribution is -0.148. The Morgan fingerprint density at radius 2 is 1.17 bits per heavy atom. The van der Waals surface area contributed by atoms with Crippen molar-refractivity contribution in [1.29, 1.82) is 0 Å². The highest BCUT2D eigenvalue weighted by atomic mass is 16.5. The lowest BCUT2D eigenvalue weighted by atomic mass is 9.73. The smallest absolute Gasteiger partial charge is 0.313 e. The van der Waals surface area contributed by atoms with E-state index in [0.29, 0.717) is 57.4 Å². The van der Waals surface area contributed by atoms with Crippen LogP contribution in [0.3, 0.4) is 0 Å². The molecule has 0 spiro atoms. The van der Waals surface area contributed by atoms with Gasteiger partial charge in [0, 0.05) is 22.3 Å². The fourth-order valence-corrected chi connectivity index (χ4v) is 6.65. The van der Waals surface area contributed by atoms with Crippen LogP contribution >= 0.6 is 0 Å². The zero-order chi connectivity index (χ0) is 39.7. The SMILES string of the molecule is C=C(C)C(=O)NCCOC(=O)C(CC(C)C)C1=C/C(=C2/C=C(C(CC(C)C)C(=O)OCCNC(=O)C(=C)C)C(O)c3ccccc32)c2ccccc2C1=O. The summed E-state index contributed by atoms with van der Waals surface area (Å²) in [6.45, 7) is 18.4. The summed E-state index contributed by atoms with van der Waals surface area (Å²) in [5.41, 5.74) is 5.11. The van der Waals surface area contributed by atoms with Gasteiger partial charge in [0.2, 0.25) is 11.8 Å². The first-order valence-electron chi connectivity index (χ1n) is 18.4. The molecular formula is C44H52N2O8. The molecule has 0 aromatic heterocycles. The van der Waals surface area contributed by atoms with Gasteiger partial charge in [0.25, 0.3) is 0 Å². The molecule has 10 nitrogen and oxygen atoms in total. The van der Waals surface area contributed by atoms with Crippen molar-refractivity contribution in [3.63, 3.8) is 0 Å². The van der Waals surface area contributed by atoms with Gasteiger partial charge in [-0.1, -0.05) is 95.5 Å². The second-order valence-electron chi connectivity index (χ2n) is 14.7. The Kier molecular flexibility index (Phi) is 14.3. The summed E-state index contributed by atoms with van der Waals surface area (Å²) in [5, 5.41) is 17.2. The fraction of sp³-hybridized carbons (Fsp3) is 0.386. The number of aliphatic hydroxyl groups is 1.